The van der Waals surface area contributed by atoms with Gasteiger partial charge in [-0.3, -0.25) is 9.59 Å². The zero-order valence-corrected chi connectivity index (χ0v) is 9.52. The van der Waals surface area contributed by atoms with E-state index in [0.717, 1.165) is 4.47 Å². The van der Waals surface area contributed by atoms with Gasteiger partial charge in [0, 0.05) is 11.0 Å². The van der Waals surface area contributed by atoms with Gasteiger partial charge in [0.15, 0.2) is 0 Å². The molecule has 0 aliphatic rings. The summed E-state index contributed by atoms with van der Waals surface area (Å²) in [4.78, 5) is 22.1. The highest BCUT2D eigenvalue weighted by Gasteiger charge is 2.10. The molecule has 2 N–H and O–H groups in total. The fourth-order valence-corrected chi connectivity index (χ4v) is 2.29. The van der Waals surface area contributed by atoms with Crippen LogP contribution in [-0.2, 0) is 4.79 Å². The number of carboxylic acids is 1. The zero-order valence-electron chi connectivity index (χ0n) is 7.12. The third-order valence-corrected chi connectivity index (χ3v) is 3.28. The summed E-state index contributed by atoms with van der Waals surface area (Å²) in [6.07, 6.45) is -0.0608. The first-order chi connectivity index (χ1) is 6.61. The molecule has 0 radical (unpaired) electrons. The van der Waals surface area contributed by atoms with Crippen molar-refractivity contribution in [3.05, 3.63) is 20.8 Å². The van der Waals surface area contributed by atoms with Gasteiger partial charge in [0.05, 0.1) is 6.42 Å². The highest BCUT2D eigenvalue weighted by molar-refractivity contribution is 9.10. The second kappa shape index (κ2) is 5.11. The molecule has 1 aromatic heterocycles. The Morgan fingerprint density at radius 1 is 1.57 bits per heavy atom. The van der Waals surface area contributed by atoms with Gasteiger partial charge in [0.25, 0.3) is 5.91 Å². The third-order valence-electron chi connectivity index (χ3n) is 1.45. The minimum absolute atomic E-state index is 0.0608. The molecule has 0 aromatic carbocycles. The first-order valence-electron chi connectivity index (χ1n) is 3.84. The van der Waals surface area contributed by atoms with E-state index in [0.29, 0.717) is 4.88 Å². The molecule has 0 atom stereocenters. The molecule has 0 saturated heterocycles. The molecule has 1 amide bonds. The topological polar surface area (TPSA) is 66.4 Å². The SMILES string of the molecule is O=C(O)CCNC(=O)c1sccc1Br. The van der Waals surface area contributed by atoms with Crippen LogP contribution in [0.5, 0.6) is 0 Å². The van der Waals surface area contributed by atoms with Crippen LogP contribution in [0, 0.1) is 0 Å². The molecule has 0 spiro atoms. The first kappa shape index (κ1) is 11.2. The van der Waals surface area contributed by atoms with Gasteiger partial charge in [-0.1, -0.05) is 0 Å². The average molecular weight is 278 g/mol. The highest BCUT2D eigenvalue weighted by atomic mass is 79.9. The van der Waals surface area contributed by atoms with Crippen LogP contribution in [0.25, 0.3) is 0 Å². The summed E-state index contributed by atoms with van der Waals surface area (Å²) >= 11 is 4.53. The lowest BCUT2D eigenvalue weighted by Crippen LogP contribution is -2.25. The van der Waals surface area contributed by atoms with Gasteiger partial charge in [-0.25, -0.2) is 0 Å². The van der Waals surface area contributed by atoms with Crippen molar-refractivity contribution in [2.75, 3.05) is 6.54 Å². The van der Waals surface area contributed by atoms with E-state index < -0.39 is 5.97 Å². The molecule has 0 bridgehead atoms. The minimum atomic E-state index is -0.921. The van der Waals surface area contributed by atoms with E-state index in [4.69, 9.17) is 5.11 Å². The van der Waals surface area contributed by atoms with Crippen LogP contribution in [0.3, 0.4) is 0 Å². The molecule has 0 aliphatic carbocycles. The maximum Gasteiger partial charge on any atom is 0.305 e. The minimum Gasteiger partial charge on any atom is -0.481 e. The molecular weight excluding hydrogens is 270 g/mol. The van der Waals surface area contributed by atoms with Crippen molar-refractivity contribution >= 4 is 39.1 Å². The number of hydrogen-bond donors (Lipinski definition) is 2. The maximum absolute atomic E-state index is 11.4. The van der Waals surface area contributed by atoms with Crippen molar-refractivity contribution in [3.8, 4) is 0 Å². The van der Waals surface area contributed by atoms with Crippen LogP contribution < -0.4 is 5.32 Å². The van der Waals surface area contributed by atoms with E-state index in [1.165, 1.54) is 11.3 Å². The number of carbonyl (C=O) groups excluding carboxylic acids is 1. The van der Waals surface area contributed by atoms with Crippen molar-refractivity contribution in [2.24, 2.45) is 0 Å². The summed E-state index contributed by atoms with van der Waals surface area (Å²) < 4.78 is 0.732. The molecule has 76 valence electrons. The molecule has 0 saturated carbocycles. The molecule has 14 heavy (non-hydrogen) atoms. The quantitative estimate of drug-likeness (QED) is 0.881. The second-order valence-electron chi connectivity index (χ2n) is 2.50. The van der Waals surface area contributed by atoms with Crippen LogP contribution in [0.4, 0.5) is 0 Å². The van der Waals surface area contributed by atoms with Crippen LogP contribution in [0.1, 0.15) is 16.1 Å². The Balaban J connectivity index is 2.44. The number of carboxylic acid groups (broad SMARTS) is 1. The van der Waals surface area contributed by atoms with Crippen molar-refractivity contribution in [1.29, 1.82) is 0 Å². The lowest BCUT2D eigenvalue weighted by Gasteiger charge is -2.01. The Bertz CT molecular complexity index is 350. The molecule has 6 heteroatoms. The average Bonchev–Trinajstić information content (AvgIpc) is 2.50. The van der Waals surface area contributed by atoms with Crippen LogP contribution in [0.2, 0.25) is 0 Å². The van der Waals surface area contributed by atoms with Gasteiger partial charge in [0.1, 0.15) is 4.88 Å². The fraction of sp³-hybridized carbons (Fsp3) is 0.250. The van der Waals surface area contributed by atoms with E-state index in [9.17, 15) is 9.59 Å². The first-order valence-corrected chi connectivity index (χ1v) is 5.51. The van der Waals surface area contributed by atoms with Gasteiger partial charge >= 0.3 is 5.97 Å². The van der Waals surface area contributed by atoms with Crippen molar-refractivity contribution in [3.63, 3.8) is 0 Å². The van der Waals surface area contributed by atoms with E-state index >= 15 is 0 Å². The summed E-state index contributed by atoms with van der Waals surface area (Å²) in [6, 6.07) is 1.77. The van der Waals surface area contributed by atoms with Gasteiger partial charge in [-0.15, -0.1) is 11.3 Å². The van der Waals surface area contributed by atoms with E-state index in [-0.39, 0.29) is 18.9 Å². The number of hydrogen-bond acceptors (Lipinski definition) is 3. The molecule has 1 rings (SSSR count). The van der Waals surface area contributed by atoms with E-state index in [2.05, 4.69) is 21.2 Å². The Labute approximate surface area is 93.1 Å². The number of aliphatic carboxylic acids is 1. The summed E-state index contributed by atoms with van der Waals surface area (Å²) in [5.74, 6) is -1.16. The smallest absolute Gasteiger partial charge is 0.305 e. The Kier molecular flexibility index (Phi) is 4.09. The summed E-state index contributed by atoms with van der Waals surface area (Å²) in [5.41, 5.74) is 0. The molecule has 1 heterocycles. The molecule has 4 nitrogen and oxygen atoms in total. The van der Waals surface area contributed by atoms with Crippen molar-refractivity contribution in [1.82, 2.24) is 5.32 Å². The zero-order chi connectivity index (χ0) is 10.6. The standard InChI is InChI=1S/C8H8BrNO3S/c9-5-2-4-14-7(5)8(13)10-3-1-6(11)12/h2,4H,1,3H2,(H,10,13)(H,11,12). The molecule has 0 unspecified atom stereocenters. The number of amides is 1. The Morgan fingerprint density at radius 2 is 2.29 bits per heavy atom. The van der Waals surface area contributed by atoms with Crippen molar-refractivity contribution in [2.45, 2.75) is 6.42 Å². The summed E-state index contributed by atoms with van der Waals surface area (Å²) in [7, 11) is 0. The van der Waals surface area contributed by atoms with Crippen LogP contribution in [-0.4, -0.2) is 23.5 Å². The fourth-order valence-electron chi connectivity index (χ4n) is 0.819. The second-order valence-corrected chi connectivity index (χ2v) is 4.27. The Hall–Kier alpha value is -0.880. The van der Waals surface area contributed by atoms with Gasteiger partial charge in [-0.2, -0.15) is 0 Å². The van der Waals surface area contributed by atoms with E-state index in [1.807, 2.05) is 0 Å². The lowest BCUT2D eigenvalue weighted by molar-refractivity contribution is -0.136. The Morgan fingerprint density at radius 3 is 2.79 bits per heavy atom. The maximum atomic E-state index is 11.4. The van der Waals surface area contributed by atoms with Gasteiger partial charge < -0.3 is 10.4 Å². The third kappa shape index (κ3) is 3.12. The lowest BCUT2D eigenvalue weighted by atomic mass is 10.4. The summed E-state index contributed by atoms with van der Waals surface area (Å²) in [5, 5.41) is 12.7. The predicted molar refractivity (Wildman–Crippen MR) is 56.6 cm³/mol. The number of halogens is 1. The summed E-state index contributed by atoms with van der Waals surface area (Å²) in [6.45, 7) is 0.151. The predicted octanol–water partition coefficient (Wildman–Crippen LogP) is 1.72. The van der Waals surface area contributed by atoms with E-state index in [1.54, 1.807) is 11.4 Å². The number of rotatable bonds is 4. The van der Waals surface area contributed by atoms with Crippen LogP contribution in [0.15, 0.2) is 15.9 Å². The highest BCUT2D eigenvalue weighted by Crippen LogP contribution is 2.22. The molecule has 1 aromatic rings. The normalized spacial score (nSPS) is 9.79. The van der Waals surface area contributed by atoms with Crippen LogP contribution >= 0.6 is 27.3 Å². The molecule has 0 aliphatic heterocycles. The number of thiophene rings is 1. The molecular formula is C8H8BrNO3S. The largest absolute Gasteiger partial charge is 0.481 e. The van der Waals surface area contributed by atoms with Crippen molar-refractivity contribution < 1.29 is 14.7 Å². The molecule has 0 fully saturated rings. The number of carbonyl (C=O) groups is 2. The monoisotopic (exact) mass is 277 g/mol. The number of nitrogens with one attached hydrogen (secondary N) is 1. The van der Waals surface area contributed by atoms with Gasteiger partial charge in [-0.05, 0) is 27.4 Å². The van der Waals surface area contributed by atoms with Gasteiger partial charge in [0.2, 0.25) is 0 Å².